The summed E-state index contributed by atoms with van der Waals surface area (Å²) in [6.07, 6.45) is 0. The van der Waals surface area contributed by atoms with Crippen LogP contribution < -0.4 is 5.32 Å². The molecule has 0 bridgehead atoms. The van der Waals surface area contributed by atoms with Crippen LogP contribution in [0.2, 0.25) is 10.0 Å². The standard InChI is InChI=1S/C14H10Cl3NO/c15-10-7-4-8-11(16)13(10)18-14(19)12(17)9-5-2-1-3-6-9/h1-8,12H,(H,18,19). The molecule has 0 fully saturated rings. The quantitative estimate of drug-likeness (QED) is 0.801. The van der Waals surface area contributed by atoms with Gasteiger partial charge in [-0.05, 0) is 17.7 Å². The molecule has 1 unspecified atom stereocenters. The average molecular weight is 315 g/mol. The molecule has 0 aliphatic carbocycles. The Morgan fingerprint density at radius 3 is 2.11 bits per heavy atom. The first kappa shape index (κ1) is 14.2. The number of halogens is 3. The zero-order valence-electron chi connectivity index (χ0n) is 9.74. The minimum atomic E-state index is -0.798. The SMILES string of the molecule is O=C(Nc1c(Cl)cccc1Cl)C(Cl)c1ccccc1. The van der Waals surface area contributed by atoms with Crippen LogP contribution in [0.3, 0.4) is 0 Å². The molecule has 5 heteroatoms. The van der Waals surface area contributed by atoms with Crippen LogP contribution in [0.1, 0.15) is 10.9 Å². The third-order valence-electron chi connectivity index (χ3n) is 2.53. The van der Waals surface area contributed by atoms with E-state index >= 15 is 0 Å². The van der Waals surface area contributed by atoms with Crippen molar-refractivity contribution < 1.29 is 4.79 Å². The van der Waals surface area contributed by atoms with Crippen molar-refractivity contribution in [1.82, 2.24) is 0 Å². The second kappa shape index (κ2) is 6.29. The summed E-state index contributed by atoms with van der Waals surface area (Å²) in [5.74, 6) is -0.372. The number of alkyl halides is 1. The van der Waals surface area contributed by atoms with Gasteiger partial charge < -0.3 is 5.32 Å². The van der Waals surface area contributed by atoms with Crippen LogP contribution in [-0.2, 0) is 4.79 Å². The molecule has 0 radical (unpaired) electrons. The number of hydrogen-bond acceptors (Lipinski definition) is 1. The van der Waals surface area contributed by atoms with Crippen LogP contribution in [0.5, 0.6) is 0 Å². The Balaban J connectivity index is 2.18. The van der Waals surface area contributed by atoms with Gasteiger partial charge in [0.25, 0.3) is 0 Å². The Morgan fingerprint density at radius 1 is 0.947 bits per heavy atom. The van der Waals surface area contributed by atoms with E-state index in [9.17, 15) is 4.79 Å². The Kier molecular flexibility index (Phi) is 4.70. The van der Waals surface area contributed by atoms with Gasteiger partial charge in [-0.2, -0.15) is 0 Å². The fourth-order valence-corrected chi connectivity index (χ4v) is 2.27. The lowest BCUT2D eigenvalue weighted by molar-refractivity contribution is -0.116. The van der Waals surface area contributed by atoms with E-state index in [1.165, 1.54) is 0 Å². The lowest BCUT2D eigenvalue weighted by atomic mass is 10.1. The van der Waals surface area contributed by atoms with Crippen molar-refractivity contribution in [2.45, 2.75) is 5.38 Å². The Hall–Kier alpha value is -1.22. The van der Waals surface area contributed by atoms with Gasteiger partial charge in [0.15, 0.2) is 0 Å². The van der Waals surface area contributed by atoms with E-state index in [1.807, 2.05) is 18.2 Å². The van der Waals surface area contributed by atoms with Crippen molar-refractivity contribution >= 4 is 46.4 Å². The van der Waals surface area contributed by atoms with Crippen molar-refractivity contribution in [3.05, 3.63) is 64.1 Å². The second-order valence-corrected chi connectivity index (χ2v) is 5.11. The summed E-state index contributed by atoms with van der Waals surface area (Å²) in [5.41, 5.74) is 1.09. The third-order valence-corrected chi connectivity index (χ3v) is 3.61. The number of rotatable bonds is 3. The predicted molar refractivity (Wildman–Crippen MR) is 80.1 cm³/mol. The van der Waals surface area contributed by atoms with E-state index in [2.05, 4.69) is 5.32 Å². The average Bonchev–Trinajstić information content (AvgIpc) is 2.43. The number of carbonyl (C=O) groups excluding carboxylic acids is 1. The van der Waals surface area contributed by atoms with Crippen LogP contribution in [0.15, 0.2) is 48.5 Å². The van der Waals surface area contributed by atoms with Gasteiger partial charge in [0.05, 0.1) is 15.7 Å². The molecule has 2 nitrogen and oxygen atoms in total. The first-order chi connectivity index (χ1) is 9.09. The summed E-state index contributed by atoms with van der Waals surface area (Å²) in [7, 11) is 0. The van der Waals surface area contributed by atoms with Gasteiger partial charge in [0.1, 0.15) is 5.38 Å². The van der Waals surface area contributed by atoms with Crippen LogP contribution in [0.4, 0.5) is 5.69 Å². The molecule has 0 spiro atoms. The highest BCUT2D eigenvalue weighted by molar-refractivity contribution is 6.40. The van der Waals surface area contributed by atoms with E-state index in [0.717, 1.165) is 0 Å². The lowest BCUT2D eigenvalue weighted by Gasteiger charge is -2.13. The maximum absolute atomic E-state index is 12.1. The van der Waals surface area contributed by atoms with Gasteiger partial charge >= 0.3 is 0 Å². The number of hydrogen-bond donors (Lipinski definition) is 1. The first-order valence-corrected chi connectivity index (χ1v) is 6.72. The van der Waals surface area contributed by atoms with Crippen LogP contribution in [-0.4, -0.2) is 5.91 Å². The first-order valence-electron chi connectivity index (χ1n) is 5.53. The summed E-state index contributed by atoms with van der Waals surface area (Å²) < 4.78 is 0. The Labute approximate surface area is 126 Å². The van der Waals surface area contributed by atoms with Crippen LogP contribution in [0.25, 0.3) is 0 Å². The number of anilines is 1. The molecule has 0 heterocycles. The molecule has 0 saturated heterocycles. The molecule has 98 valence electrons. The predicted octanol–water partition coefficient (Wildman–Crippen LogP) is 4.91. The largest absolute Gasteiger partial charge is 0.322 e. The van der Waals surface area contributed by atoms with Gasteiger partial charge in [-0.1, -0.05) is 59.6 Å². The molecule has 0 saturated carbocycles. The van der Waals surface area contributed by atoms with Crippen molar-refractivity contribution in [1.29, 1.82) is 0 Å². The van der Waals surface area contributed by atoms with Gasteiger partial charge in [-0.15, -0.1) is 11.6 Å². The van der Waals surface area contributed by atoms with E-state index < -0.39 is 5.38 Å². The van der Waals surface area contributed by atoms with Crippen LogP contribution in [0, 0.1) is 0 Å². The third kappa shape index (κ3) is 3.41. The minimum absolute atomic E-state index is 0.372. The van der Waals surface area contributed by atoms with Gasteiger partial charge in [-0.3, -0.25) is 4.79 Å². The molecular formula is C14H10Cl3NO. The summed E-state index contributed by atoms with van der Waals surface area (Å²) in [4.78, 5) is 12.1. The fourth-order valence-electron chi connectivity index (χ4n) is 1.58. The molecule has 2 aromatic rings. The summed E-state index contributed by atoms with van der Waals surface area (Å²) in [6.45, 7) is 0. The maximum Gasteiger partial charge on any atom is 0.247 e. The number of para-hydroxylation sites is 1. The zero-order valence-corrected chi connectivity index (χ0v) is 12.0. The highest BCUT2D eigenvalue weighted by Gasteiger charge is 2.19. The van der Waals surface area contributed by atoms with Crippen molar-refractivity contribution in [2.24, 2.45) is 0 Å². The molecule has 0 aliphatic heterocycles. The molecule has 1 N–H and O–H groups in total. The molecule has 2 rings (SSSR count). The molecule has 2 aromatic carbocycles. The summed E-state index contributed by atoms with van der Waals surface area (Å²) in [5, 5.41) is 2.59. The van der Waals surface area contributed by atoms with E-state index in [1.54, 1.807) is 30.3 Å². The Morgan fingerprint density at radius 2 is 1.53 bits per heavy atom. The zero-order chi connectivity index (χ0) is 13.8. The Bertz CT molecular complexity index is 566. The highest BCUT2D eigenvalue weighted by atomic mass is 35.5. The lowest BCUT2D eigenvalue weighted by Crippen LogP contribution is -2.17. The molecule has 1 amide bonds. The fraction of sp³-hybridized carbons (Fsp3) is 0.0714. The molecular weight excluding hydrogens is 305 g/mol. The molecule has 0 aliphatic rings. The van der Waals surface area contributed by atoms with E-state index in [0.29, 0.717) is 21.3 Å². The summed E-state index contributed by atoms with van der Waals surface area (Å²) >= 11 is 18.1. The van der Waals surface area contributed by atoms with Crippen molar-refractivity contribution in [2.75, 3.05) is 5.32 Å². The topological polar surface area (TPSA) is 29.1 Å². The summed E-state index contributed by atoms with van der Waals surface area (Å²) in [6, 6.07) is 14.1. The number of nitrogens with one attached hydrogen (secondary N) is 1. The van der Waals surface area contributed by atoms with E-state index in [4.69, 9.17) is 34.8 Å². The monoisotopic (exact) mass is 313 g/mol. The van der Waals surface area contributed by atoms with Gasteiger partial charge in [0, 0.05) is 0 Å². The second-order valence-electron chi connectivity index (χ2n) is 3.86. The van der Waals surface area contributed by atoms with Crippen molar-refractivity contribution in [3.8, 4) is 0 Å². The number of amides is 1. The van der Waals surface area contributed by atoms with Crippen LogP contribution >= 0.6 is 34.8 Å². The minimum Gasteiger partial charge on any atom is -0.322 e. The maximum atomic E-state index is 12.1. The molecule has 19 heavy (non-hydrogen) atoms. The number of carbonyl (C=O) groups is 1. The normalized spacial score (nSPS) is 11.9. The molecule has 1 atom stereocenters. The van der Waals surface area contributed by atoms with E-state index in [-0.39, 0.29) is 5.91 Å². The molecule has 0 aromatic heterocycles. The number of benzene rings is 2. The highest BCUT2D eigenvalue weighted by Crippen LogP contribution is 2.31. The van der Waals surface area contributed by atoms with Gasteiger partial charge in [-0.25, -0.2) is 0 Å². The van der Waals surface area contributed by atoms with Crippen molar-refractivity contribution in [3.63, 3.8) is 0 Å². The van der Waals surface area contributed by atoms with Gasteiger partial charge in [0.2, 0.25) is 5.91 Å². The smallest absolute Gasteiger partial charge is 0.247 e.